The van der Waals surface area contributed by atoms with Crippen molar-refractivity contribution in [2.45, 2.75) is 58.6 Å². The van der Waals surface area contributed by atoms with Gasteiger partial charge in [0.1, 0.15) is 12.4 Å². The Bertz CT molecular complexity index is 1080. The molecular weight excluding hydrogens is 446 g/mol. The van der Waals surface area contributed by atoms with E-state index >= 15 is 0 Å². The van der Waals surface area contributed by atoms with Gasteiger partial charge in [0.2, 0.25) is 0 Å². The maximum absolute atomic E-state index is 6.05. The molecule has 3 heterocycles. The lowest BCUT2D eigenvalue weighted by Gasteiger charge is -2.20. The minimum Gasteiger partial charge on any atom is -0.360 e. The number of rotatable bonds is 6. The van der Waals surface area contributed by atoms with E-state index in [1.54, 1.807) is 6.20 Å². The quantitative estimate of drug-likeness (QED) is 0.402. The van der Waals surface area contributed by atoms with E-state index in [9.17, 15) is 0 Å². The van der Waals surface area contributed by atoms with E-state index in [1.807, 2.05) is 6.07 Å². The summed E-state index contributed by atoms with van der Waals surface area (Å²) >= 11 is 3.49. The second-order valence-corrected chi connectivity index (χ2v) is 16.7. The van der Waals surface area contributed by atoms with Crippen LogP contribution >= 0.6 is 15.9 Å². The van der Waals surface area contributed by atoms with Crippen LogP contribution in [-0.4, -0.2) is 39.4 Å². The Kier molecular flexibility index (Phi) is 4.53. The van der Waals surface area contributed by atoms with Crippen LogP contribution in [0, 0.1) is 11.3 Å². The van der Waals surface area contributed by atoms with E-state index in [0.29, 0.717) is 12.1 Å². The number of halogens is 1. The first-order valence-corrected chi connectivity index (χ1v) is 14.9. The van der Waals surface area contributed by atoms with Gasteiger partial charge in [-0.3, -0.25) is 0 Å². The highest BCUT2D eigenvalue weighted by Gasteiger charge is 2.54. The normalized spacial score (nSPS) is 23.3. The smallest absolute Gasteiger partial charge is 0.178 e. The molecule has 2 aliphatic rings. The van der Waals surface area contributed by atoms with E-state index in [4.69, 9.17) is 14.8 Å². The van der Waals surface area contributed by atoms with Gasteiger partial charge in [-0.2, -0.15) is 5.10 Å². The SMILES string of the molecule is C[C@@]12Cc3c(c(-c4nc5ncc(Br)cc5[nH]4)nn3COCC[Si](C)(C)C)C[C@@H]1C2. The minimum atomic E-state index is -1.09. The fraction of sp³-hybridized carbons (Fsp3) is 0.571. The van der Waals surface area contributed by atoms with Crippen molar-refractivity contribution in [3.8, 4) is 11.5 Å². The van der Waals surface area contributed by atoms with Crippen LogP contribution in [0.25, 0.3) is 22.7 Å². The highest BCUT2D eigenvalue weighted by Crippen LogP contribution is 2.59. The number of fused-ring (bicyclic) bond motifs is 3. The maximum Gasteiger partial charge on any atom is 0.178 e. The van der Waals surface area contributed by atoms with Crippen LogP contribution in [0.15, 0.2) is 16.7 Å². The van der Waals surface area contributed by atoms with E-state index < -0.39 is 8.07 Å². The minimum absolute atomic E-state index is 0.445. The summed E-state index contributed by atoms with van der Waals surface area (Å²) in [7, 11) is -1.09. The number of nitrogens with one attached hydrogen (secondary N) is 1. The van der Waals surface area contributed by atoms with Gasteiger partial charge in [-0.05, 0) is 58.6 Å². The Labute approximate surface area is 180 Å². The van der Waals surface area contributed by atoms with E-state index in [-0.39, 0.29) is 0 Å². The fourth-order valence-electron chi connectivity index (χ4n) is 4.43. The Balaban J connectivity index is 1.47. The maximum atomic E-state index is 6.05. The zero-order valence-electron chi connectivity index (χ0n) is 17.5. The zero-order chi connectivity index (χ0) is 20.4. The number of imidazole rings is 1. The molecule has 3 aromatic rings. The Morgan fingerprint density at radius 3 is 3.00 bits per heavy atom. The zero-order valence-corrected chi connectivity index (χ0v) is 20.1. The summed E-state index contributed by atoms with van der Waals surface area (Å²) in [6.07, 6.45) is 5.26. The van der Waals surface area contributed by atoms with Crippen molar-refractivity contribution >= 4 is 35.2 Å². The third-order valence-electron chi connectivity index (χ3n) is 6.46. The second kappa shape index (κ2) is 6.75. The van der Waals surface area contributed by atoms with Crippen molar-refractivity contribution in [3.05, 3.63) is 28.0 Å². The van der Waals surface area contributed by atoms with Gasteiger partial charge < -0.3 is 9.72 Å². The van der Waals surface area contributed by atoms with Gasteiger partial charge in [-0.1, -0.05) is 26.6 Å². The number of hydrogen-bond acceptors (Lipinski definition) is 4. The summed E-state index contributed by atoms with van der Waals surface area (Å²) < 4.78 is 9.08. The van der Waals surface area contributed by atoms with Crippen molar-refractivity contribution in [1.82, 2.24) is 24.7 Å². The Morgan fingerprint density at radius 2 is 2.21 bits per heavy atom. The summed E-state index contributed by atoms with van der Waals surface area (Å²) in [5.41, 5.74) is 5.74. The first-order chi connectivity index (χ1) is 13.7. The van der Waals surface area contributed by atoms with Gasteiger partial charge in [-0.15, -0.1) is 0 Å². The van der Waals surface area contributed by atoms with Crippen LogP contribution < -0.4 is 0 Å². The molecule has 5 rings (SSSR count). The lowest BCUT2D eigenvalue weighted by atomic mass is 9.87. The topological polar surface area (TPSA) is 68.6 Å². The summed E-state index contributed by atoms with van der Waals surface area (Å²) in [5, 5.41) is 4.97. The number of nitrogens with zero attached hydrogens (tertiary/aromatic N) is 4. The van der Waals surface area contributed by atoms with Crippen LogP contribution in [0.5, 0.6) is 0 Å². The molecule has 1 saturated carbocycles. The lowest BCUT2D eigenvalue weighted by Crippen LogP contribution is -2.23. The fourth-order valence-corrected chi connectivity index (χ4v) is 5.52. The predicted molar refractivity (Wildman–Crippen MR) is 121 cm³/mol. The van der Waals surface area contributed by atoms with Gasteiger partial charge in [0.25, 0.3) is 0 Å². The number of pyridine rings is 1. The van der Waals surface area contributed by atoms with Crippen LogP contribution in [0.2, 0.25) is 25.7 Å². The Morgan fingerprint density at radius 1 is 1.38 bits per heavy atom. The number of hydrogen-bond donors (Lipinski definition) is 1. The number of H-pyrrole nitrogens is 1. The van der Waals surface area contributed by atoms with Gasteiger partial charge in [0.05, 0.1) is 5.52 Å². The molecule has 154 valence electrons. The van der Waals surface area contributed by atoms with Crippen LogP contribution in [0.3, 0.4) is 0 Å². The van der Waals surface area contributed by atoms with Crippen molar-refractivity contribution in [1.29, 1.82) is 0 Å². The molecule has 0 unspecified atom stereocenters. The molecule has 0 aromatic carbocycles. The van der Waals surface area contributed by atoms with E-state index in [2.05, 4.69) is 57.1 Å². The summed E-state index contributed by atoms with van der Waals surface area (Å²) in [6, 6.07) is 3.19. The molecule has 0 bridgehead atoms. The van der Waals surface area contributed by atoms with Gasteiger partial charge in [-0.25, -0.2) is 14.6 Å². The molecule has 2 aliphatic carbocycles. The molecule has 8 heteroatoms. The molecular formula is C21H28BrN5OSi. The van der Waals surface area contributed by atoms with E-state index in [0.717, 1.165) is 52.5 Å². The summed E-state index contributed by atoms with van der Waals surface area (Å²) in [4.78, 5) is 12.6. The Hall–Kier alpha value is -1.51. The highest BCUT2D eigenvalue weighted by atomic mass is 79.9. The van der Waals surface area contributed by atoms with Crippen LogP contribution in [0.1, 0.15) is 24.6 Å². The molecule has 1 N–H and O–H groups in total. The average molecular weight is 474 g/mol. The summed E-state index contributed by atoms with van der Waals surface area (Å²) in [5.74, 6) is 1.59. The first-order valence-electron chi connectivity index (χ1n) is 10.4. The third-order valence-corrected chi connectivity index (χ3v) is 8.60. The second-order valence-electron chi connectivity index (χ2n) is 10.2. The molecule has 29 heavy (non-hydrogen) atoms. The molecule has 0 spiro atoms. The van der Waals surface area contributed by atoms with Gasteiger partial charge in [0, 0.05) is 36.6 Å². The molecule has 0 radical (unpaired) electrons. The van der Waals surface area contributed by atoms with Gasteiger partial charge >= 0.3 is 0 Å². The number of aromatic nitrogens is 5. The lowest BCUT2D eigenvalue weighted by molar-refractivity contribution is 0.0757. The number of ether oxygens (including phenoxy) is 1. The first kappa shape index (κ1) is 19.5. The van der Waals surface area contributed by atoms with Crippen molar-refractivity contribution in [2.24, 2.45) is 11.3 Å². The van der Waals surface area contributed by atoms with Gasteiger partial charge in [0.15, 0.2) is 11.5 Å². The summed E-state index contributed by atoms with van der Waals surface area (Å²) in [6.45, 7) is 10.9. The molecule has 0 aliphatic heterocycles. The highest BCUT2D eigenvalue weighted by molar-refractivity contribution is 9.10. The monoisotopic (exact) mass is 473 g/mol. The molecule has 6 nitrogen and oxygen atoms in total. The molecule has 3 aromatic heterocycles. The standard InChI is InChI=1S/C21H28BrN5OSi/c1-21-9-13(21)7-15-17(10-21)27(12-28-5-6-29(2,3)4)26-18(15)20-24-16-8-14(22)11-23-19(16)25-20/h8,11,13H,5-7,9-10,12H2,1-4H3,(H,23,24,25)/t13-,21-/m1/s1. The van der Waals surface area contributed by atoms with E-state index in [1.165, 1.54) is 23.7 Å². The molecule has 0 saturated heterocycles. The van der Waals surface area contributed by atoms with Crippen LogP contribution in [0.4, 0.5) is 0 Å². The largest absolute Gasteiger partial charge is 0.360 e. The molecule has 2 atom stereocenters. The predicted octanol–water partition coefficient (Wildman–Crippen LogP) is 5.02. The van der Waals surface area contributed by atoms with Crippen LogP contribution in [-0.2, 0) is 24.3 Å². The number of aromatic amines is 1. The third kappa shape index (κ3) is 3.70. The average Bonchev–Trinajstić information content (AvgIpc) is 2.95. The van der Waals surface area contributed by atoms with Crippen molar-refractivity contribution in [3.63, 3.8) is 0 Å². The molecule has 1 fully saturated rings. The van der Waals surface area contributed by atoms with Crippen molar-refractivity contribution in [2.75, 3.05) is 6.61 Å². The van der Waals surface area contributed by atoms with Crippen molar-refractivity contribution < 1.29 is 4.74 Å². The molecule has 0 amide bonds.